The molecule has 0 aliphatic carbocycles. The minimum Gasteiger partial charge on any atom is -0.495 e. The number of nitrogens with zero attached hydrogens (tertiary/aromatic N) is 3. The Morgan fingerprint density at radius 1 is 1.28 bits per heavy atom. The number of ether oxygens (including phenoxy) is 2. The molecule has 0 amide bonds. The Kier molecular flexibility index (Phi) is 5.05. The molecule has 4 rings (SSSR count). The minimum atomic E-state index is 0.304. The van der Waals surface area contributed by atoms with Crippen molar-refractivity contribution >= 4 is 23.1 Å². The SMILES string of the molecule is COc1ccccc1-n1c(SC[C@@H]2CCCO2)nnc1-c1cccs1. The van der Waals surface area contributed by atoms with Crippen molar-refractivity contribution in [3.05, 3.63) is 41.8 Å². The van der Waals surface area contributed by atoms with Gasteiger partial charge in [-0.15, -0.1) is 21.5 Å². The van der Waals surface area contributed by atoms with E-state index in [1.165, 1.54) is 0 Å². The van der Waals surface area contributed by atoms with Crippen LogP contribution in [-0.4, -0.2) is 40.3 Å². The smallest absolute Gasteiger partial charge is 0.196 e. The molecule has 1 aliphatic rings. The van der Waals surface area contributed by atoms with Crippen molar-refractivity contribution in [3.63, 3.8) is 0 Å². The van der Waals surface area contributed by atoms with E-state index >= 15 is 0 Å². The van der Waals surface area contributed by atoms with E-state index in [4.69, 9.17) is 9.47 Å². The molecule has 1 aromatic carbocycles. The third-order valence-corrected chi connectivity index (χ3v) is 6.05. The Hall–Kier alpha value is -1.83. The number of benzene rings is 1. The number of hydrogen-bond acceptors (Lipinski definition) is 6. The van der Waals surface area contributed by atoms with Gasteiger partial charge < -0.3 is 9.47 Å². The molecule has 3 heterocycles. The molecule has 1 fully saturated rings. The molecule has 5 nitrogen and oxygen atoms in total. The number of hydrogen-bond donors (Lipinski definition) is 0. The lowest BCUT2D eigenvalue weighted by atomic mass is 10.3. The van der Waals surface area contributed by atoms with Gasteiger partial charge in [0, 0.05) is 12.4 Å². The first kappa shape index (κ1) is 16.6. The van der Waals surface area contributed by atoms with E-state index in [0.29, 0.717) is 6.10 Å². The summed E-state index contributed by atoms with van der Waals surface area (Å²) < 4.78 is 13.4. The zero-order valence-electron chi connectivity index (χ0n) is 13.9. The van der Waals surface area contributed by atoms with Crippen LogP contribution in [0, 0.1) is 0 Å². The van der Waals surface area contributed by atoms with Gasteiger partial charge in [-0.05, 0) is 36.4 Å². The fraction of sp³-hybridized carbons (Fsp3) is 0.333. The zero-order chi connectivity index (χ0) is 17.1. The predicted molar refractivity (Wildman–Crippen MR) is 101 cm³/mol. The molecule has 0 unspecified atom stereocenters. The molecule has 1 atom stereocenters. The van der Waals surface area contributed by atoms with Crippen molar-refractivity contribution < 1.29 is 9.47 Å². The highest BCUT2D eigenvalue weighted by atomic mass is 32.2. The van der Waals surface area contributed by atoms with E-state index < -0.39 is 0 Å². The number of thioether (sulfide) groups is 1. The van der Waals surface area contributed by atoms with Gasteiger partial charge in [-0.25, -0.2) is 0 Å². The Morgan fingerprint density at radius 2 is 2.20 bits per heavy atom. The first-order valence-corrected chi connectivity index (χ1v) is 10.1. The van der Waals surface area contributed by atoms with E-state index in [0.717, 1.165) is 52.5 Å². The van der Waals surface area contributed by atoms with E-state index in [1.807, 2.05) is 30.3 Å². The lowest BCUT2D eigenvalue weighted by Crippen LogP contribution is -2.09. The molecule has 0 spiro atoms. The number of para-hydroxylation sites is 2. The summed E-state index contributed by atoms with van der Waals surface area (Å²) >= 11 is 3.35. The lowest BCUT2D eigenvalue weighted by molar-refractivity contribution is 0.129. The monoisotopic (exact) mass is 373 g/mol. The Morgan fingerprint density at radius 3 is 2.96 bits per heavy atom. The lowest BCUT2D eigenvalue weighted by Gasteiger charge is -2.14. The van der Waals surface area contributed by atoms with Crippen LogP contribution in [0.2, 0.25) is 0 Å². The maximum atomic E-state index is 5.74. The van der Waals surface area contributed by atoms with E-state index in [2.05, 4.69) is 26.2 Å². The predicted octanol–water partition coefficient (Wildman–Crippen LogP) is 4.28. The summed E-state index contributed by atoms with van der Waals surface area (Å²) in [7, 11) is 1.69. The highest BCUT2D eigenvalue weighted by Crippen LogP contribution is 2.34. The molecule has 3 aromatic rings. The zero-order valence-corrected chi connectivity index (χ0v) is 15.6. The summed E-state index contributed by atoms with van der Waals surface area (Å²) in [6.45, 7) is 0.866. The second kappa shape index (κ2) is 7.59. The molecule has 130 valence electrons. The Balaban J connectivity index is 1.74. The van der Waals surface area contributed by atoms with Gasteiger partial charge in [-0.1, -0.05) is 30.0 Å². The highest BCUT2D eigenvalue weighted by molar-refractivity contribution is 7.99. The molecule has 1 aliphatic heterocycles. The second-order valence-corrected chi connectivity index (χ2v) is 7.67. The van der Waals surface area contributed by atoms with Gasteiger partial charge in [0.05, 0.1) is 23.8 Å². The molecule has 7 heteroatoms. The van der Waals surface area contributed by atoms with Crippen molar-refractivity contribution in [2.24, 2.45) is 0 Å². The molecule has 2 aromatic heterocycles. The fourth-order valence-corrected chi connectivity index (χ4v) is 4.61. The van der Waals surface area contributed by atoms with Gasteiger partial charge in [-0.3, -0.25) is 4.57 Å². The number of rotatable bonds is 6. The number of aromatic nitrogens is 3. The minimum absolute atomic E-state index is 0.304. The first-order valence-electron chi connectivity index (χ1n) is 8.24. The first-order chi connectivity index (χ1) is 12.4. The summed E-state index contributed by atoms with van der Waals surface area (Å²) in [5.74, 6) is 2.53. The summed E-state index contributed by atoms with van der Waals surface area (Å²) in [4.78, 5) is 1.09. The third kappa shape index (κ3) is 3.44. The van der Waals surface area contributed by atoms with Gasteiger partial charge in [0.2, 0.25) is 0 Å². The van der Waals surface area contributed by atoms with Crippen molar-refractivity contribution in [1.82, 2.24) is 14.8 Å². The molecule has 1 saturated heterocycles. The quantitative estimate of drug-likeness (QED) is 0.604. The largest absolute Gasteiger partial charge is 0.495 e. The molecule has 0 radical (unpaired) electrons. The van der Waals surface area contributed by atoms with Crippen LogP contribution < -0.4 is 4.74 Å². The second-order valence-electron chi connectivity index (χ2n) is 5.74. The molecule has 25 heavy (non-hydrogen) atoms. The van der Waals surface area contributed by atoms with Crippen molar-refractivity contribution in [2.45, 2.75) is 24.1 Å². The van der Waals surface area contributed by atoms with Gasteiger partial charge in [0.25, 0.3) is 0 Å². The summed E-state index contributed by atoms with van der Waals surface area (Å²) in [6, 6.07) is 12.1. The Bertz CT molecular complexity index is 827. The number of methoxy groups -OCH3 is 1. The van der Waals surface area contributed by atoms with Gasteiger partial charge in [0.1, 0.15) is 5.75 Å². The topological polar surface area (TPSA) is 49.2 Å². The third-order valence-electron chi connectivity index (χ3n) is 4.12. The molecule has 0 bridgehead atoms. The van der Waals surface area contributed by atoms with Crippen LogP contribution in [0.1, 0.15) is 12.8 Å². The molecular weight excluding hydrogens is 354 g/mol. The van der Waals surface area contributed by atoms with Crippen LogP contribution >= 0.6 is 23.1 Å². The van der Waals surface area contributed by atoms with Gasteiger partial charge in [-0.2, -0.15) is 0 Å². The Labute approximate surface area is 155 Å². The maximum absolute atomic E-state index is 5.74. The van der Waals surface area contributed by atoms with E-state index in [-0.39, 0.29) is 0 Å². The average Bonchev–Trinajstić information content (AvgIpc) is 3.40. The molecule has 0 N–H and O–H groups in total. The highest BCUT2D eigenvalue weighted by Gasteiger charge is 2.22. The fourth-order valence-electron chi connectivity index (χ4n) is 2.90. The van der Waals surface area contributed by atoms with Crippen LogP contribution in [0.3, 0.4) is 0 Å². The number of thiophene rings is 1. The molecule has 0 saturated carbocycles. The van der Waals surface area contributed by atoms with Crippen molar-refractivity contribution in [1.29, 1.82) is 0 Å². The van der Waals surface area contributed by atoms with Crippen LogP contribution in [0.4, 0.5) is 0 Å². The van der Waals surface area contributed by atoms with E-state index in [1.54, 1.807) is 30.2 Å². The van der Waals surface area contributed by atoms with Crippen LogP contribution in [0.15, 0.2) is 46.9 Å². The van der Waals surface area contributed by atoms with Crippen LogP contribution in [0.25, 0.3) is 16.4 Å². The van der Waals surface area contributed by atoms with E-state index in [9.17, 15) is 0 Å². The standard InChI is InChI=1S/C18H19N3O2S2/c1-22-15-8-3-2-7-14(15)21-17(16-9-5-11-24-16)19-20-18(21)25-12-13-6-4-10-23-13/h2-3,5,7-9,11,13H,4,6,10,12H2,1H3/t13-/m0/s1. The summed E-state index contributed by atoms with van der Waals surface area (Å²) in [5.41, 5.74) is 0.952. The van der Waals surface area contributed by atoms with Gasteiger partial charge in [0.15, 0.2) is 11.0 Å². The average molecular weight is 374 g/mol. The normalized spacial score (nSPS) is 17.1. The van der Waals surface area contributed by atoms with Crippen LogP contribution in [-0.2, 0) is 4.74 Å². The molecular formula is C18H19N3O2S2. The van der Waals surface area contributed by atoms with Crippen molar-refractivity contribution in [2.75, 3.05) is 19.5 Å². The van der Waals surface area contributed by atoms with Crippen LogP contribution in [0.5, 0.6) is 5.75 Å². The maximum Gasteiger partial charge on any atom is 0.196 e. The summed E-state index contributed by atoms with van der Waals surface area (Å²) in [5, 5.41) is 11.8. The van der Waals surface area contributed by atoms with Gasteiger partial charge >= 0.3 is 0 Å². The van der Waals surface area contributed by atoms with Crippen molar-refractivity contribution in [3.8, 4) is 22.1 Å². The summed E-state index contributed by atoms with van der Waals surface area (Å²) in [6.07, 6.45) is 2.57.